The van der Waals surface area contributed by atoms with Crippen LogP contribution in [0.1, 0.15) is 10.4 Å². The number of hydrogen-bond donors (Lipinski definition) is 1. The average Bonchev–Trinajstić information content (AvgIpc) is 2.27. The van der Waals surface area contributed by atoms with Gasteiger partial charge in [0.05, 0.1) is 29.0 Å². The van der Waals surface area contributed by atoms with E-state index in [4.69, 9.17) is 0 Å². The van der Waals surface area contributed by atoms with E-state index in [0.717, 1.165) is 0 Å². The average molecular weight is 241 g/mol. The van der Waals surface area contributed by atoms with Crippen molar-refractivity contribution in [3.8, 4) is 0 Å². The summed E-state index contributed by atoms with van der Waals surface area (Å²) in [4.78, 5) is 11.4. The van der Waals surface area contributed by atoms with Gasteiger partial charge >= 0.3 is 5.97 Å². The third-order valence-electron chi connectivity index (χ3n) is 2.42. The zero-order chi connectivity index (χ0) is 11.8. The molecule has 16 heavy (non-hydrogen) atoms. The number of carbonyl (C=O) groups is 1. The molecule has 1 aliphatic rings. The van der Waals surface area contributed by atoms with E-state index in [1.807, 2.05) is 0 Å². The van der Waals surface area contributed by atoms with E-state index >= 15 is 0 Å². The molecule has 0 atom stereocenters. The summed E-state index contributed by atoms with van der Waals surface area (Å²) in [6, 6.07) is 4.47. The Morgan fingerprint density at radius 3 is 2.88 bits per heavy atom. The summed E-state index contributed by atoms with van der Waals surface area (Å²) in [5.41, 5.74) is 0.785. The minimum Gasteiger partial charge on any atom is -0.465 e. The van der Waals surface area contributed by atoms with Crippen LogP contribution in [-0.4, -0.2) is 33.8 Å². The summed E-state index contributed by atoms with van der Waals surface area (Å²) < 4.78 is 28.0. The standard InChI is InChI=1S/C10H11NO4S/c1-15-10(12)7-2-3-8-9(6-7)16(13,14)5-4-11-8/h2-3,6,11H,4-5H2,1H3. The fourth-order valence-corrected chi connectivity index (χ4v) is 2.97. The molecule has 0 amide bonds. The third-order valence-corrected chi connectivity index (χ3v) is 4.17. The molecule has 2 rings (SSSR count). The van der Waals surface area contributed by atoms with Gasteiger partial charge in [-0.3, -0.25) is 0 Å². The van der Waals surface area contributed by atoms with Crippen molar-refractivity contribution >= 4 is 21.5 Å². The number of ether oxygens (including phenoxy) is 1. The van der Waals surface area contributed by atoms with Crippen LogP contribution in [0.4, 0.5) is 5.69 Å². The SMILES string of the molecule is COC(=O)c1ccc2c(c1)S(=O)(=O)CCN2. The van der Waals surface area contributed by atoms with Gasteiger partial charge in [0.2, 0.25) is 0 Å². The van der Waals surface area contributed by atoms with Crippen molar-refractivity contribution in [1.29, 1.82) is 0 Å². The predicted molar refractivity (Wildman–Crippen MR) is 58.3 cm³/mol. The molecule has 0 unspecified atom stereocenters. The zero-order valence-corrected chi connectivity index (χ0v) is 9.50. The van der Waals surface area contributed by atoms with Gasteiger partial charge in [-0.1, -0.05) is 0 Å². The van der Waals surface area contributed by atoms with E-state index in [1.165, 1.54) is 13.2 Å². The van der Waals surface area contributed by atoms with E-state index in [-0.39, 0.29) is 16.2 Å². The van der Waals surface area contributed by atoms with Crippen LogP contribution >= 0.6 is 0 Å². The summed E-state index contributed by atoms with van der Waals surface area (Å²) in [6.45, 7) is 0.396. The molecule has 1 N–H and O–H groups in total. The van der Waals surface area contributed by atoms with Crippen LogP contribution in [0.3, 0.4) is 0 Å². The van der Waals surface area contributed by atoms with Gasteiger partial charge in [-0.2, -0.15) is 0 Å². The van der Waals surface area contributed by atoms with E-state index in [0.29, 0.717) is 12.2 Å². The van der Waals surface area contributed by atoms with Crippen molar-refractivity contribution < 1.29 is 17.9 Å². The Kier molecular flexibility index (Phi) is 2.59. The maximum atomic E-state index is 11.7. The van der Waals surface area contributed by atoms with Crippen molar-refractivity contribution in [3.63, 3.8) is 0 Å². The minimum absolute atomic E-state index is 0.0463. The summed E-state index contributed by atoms with van der Waals surface area (Å²) in [6.07, 6.45) is 0. The maximum Gasteiger partial charge on any atom is 0.337 e. The Balaban J connectivity index is 2.56. The van der Waals surface area contributed by atoms with Crippen molar-refractivity contribution in [2.75, 3.05) is 24.7 Å². The maximum absolute atomic E-state index is 11.7. The van der Waals surface area contributed by atoms with E-state index in [9.17, 15) is 13.2 Å². The molecular formula is C10H11NO4S. The van der Waals surface area contributed by atoms with Gasteiger partial charge in [0, 0.05) is 6.54 Å². The summed E-state index contributed by atoms with van der Waals surface area (Å²) in [5, 5.41) is 2.97. The quantitative estimate of drug-likeness (QED) is 0.732. The molecular weight excluding hydrogens is 230 g/mol. The Bertz CT molecular complexity index is 536. The molecule has 86 valence electrons. The number of benzene rings is 1. The molecule has 5 nitrogen and oxygen atoms in total. The predicted octanol–water partition coefficient (Wildman–Crippen LogP) is 0.672. The number of nitrogens with one attached hydrogen (secondary N) is 1. The van der Waals surface area contributed by atoms with Crippen LogP contribution in [0.5, 0.6) is 0 Å². The molecule has 0 saturated carbocycles. The van der Waals surface area contributed by atoms with Crippen LogP contribution in [0, 0.1) is 0 Å². The molecule has 1 heterocycles. The first kappa shape index (κ1) is 10.9. The van der Waals surface area contributed by atoms with Crippen LogP contribution in [-0.2, 0) is 14.6 Å². The molecule has 0 aromatic heterocycles. The van der Waals surface area contributed by atoms with Gasteiger partial charge in [0.1, 0.15) is 0 Å². The van der Waals surface area contributed by atoms with Crippen LogP contribution in [0.2, 0.25) is 0 Å². The van der Waals surface area contributed by atoms with Crippen molar-refractivity contribution in [1.82, 2.24) is 0 Å². The number of fused-ring (bicyclic) bond motifs is 1. The largest absolute Gasteiger partial charge is 0.465 e. The lowest BCUT2D eigenvalue weighted by Gasteiger charge is -2.18. The van der Waals surface area contributed by atoms with Gasteiger partial charge in [0.25, 0.3) is 0 Å². The van der Waals surface area contributed by atoms with Gasteiger partial charge in [-0.15, -0.1) is 0 Å². The molecule has 0 aliphatic carbocycles. The molecule has 0 fully saturated rings. The minimum atomic E-state index is -3.28. The second-order valence-corrected chi connectivity index (χ2v) is 5.53. The topological polar surface area (TPSA) is 72.5 Å². The Labute approximate surface area is 93.3 Å². The van der Waals surface area contributed by atoms with Crippen LogP contribution < -0.4 is 5.32 Å². The highest BCUT2D eigenvalue weighted by Gasteiger charge is 2.24. The summed E-state index contributed by atoms with van der Waals surface area (Å²) >= 11 is 0. The van der Waals surface area contributed by atoms with Crippen molar-refractivity contribution in [2.24, 2.45) is 0 Å². The van der Waals surface area contributed by atoms with Gasteiger partial charge < -0.3 is 10.1 Å². The number of sulfone groups is 1. The number of hydrogen-bond acceptors (Lipinski definition) is 5. The Morgan fingerprint density at radius 2 is 2.19 bits per heavy atom. The first-order valence-electron chi connectivity index (χ1n) is 4.73. The monoisotopic (exact) mass is 241 g/mol. The summed E-state index contributed by atoms with van der Waals surface area (Å²) in [7, 11) is -2.02. The second-order valence-electron chi connectivity index (χ2n) is 3.45. The highest BCUT2D eigenvalue weighted by atomic mass is 32.2. The smallest absolute Gasteiger partial charge is 0.337 e. The number of anilines is 1. The van der Waals surface area contributed by atoms with Gasteiger partial charge in [0.15, 0.2) is 9.84 Å². The van der Waals surface area contributed by atoms with Crippen LogP contribution in [0.15, 0.2) is 23.1 Å². The second kappa shape index (κ2) is 3.79. The molecule has 1 aromatic carbocycles. The molecule has 1 aliphatic heterocycles. The lowest BCUT2D eigenvalue weighted by molar-refractivity contribution is 0.0600. The highest BCUT2D eigenvalue weighted by Crippen LogP contribution is 2.27. The highest BCUT2D eigenvalue weighted by molar-refractivity contribution is 7.91. The molecule has 0 bridgehead atoms. The third kappa shape index (κ3) is 1.76. The molecule has 0 saturated heterocycles. The molecule has 0 radical (unpaired) electrons. The Morgan fingerprint density at radius 1 is 1.44 bits per heavy atom. The van der Waals surface area contributed by atoms with E-state index in [1.54, 1.807) is 12.1 Å². The van der Waals surface area contributed by atoms with Gasteiger partial charge in [-0.25, -0.2) is 13.2 Å². The van der Waals surface area contributed by atoms with E-state index < -0.39 is 15.8 Å². The number of rotatable bonds is 1. The fraction of sp³-hybridized carbons (Fsp3) is 0.300. The van der Waals surface area contributed by atoms with Gasteiger partial charge in [-0.05, 0) is 18.2 Å². The summed E-state index contributed by atoms with van der Waals surface area (Å²) in [5.74, 6) is -0.492. The number of esters is 1. The first-order chi connectivity index (χ1) is 7.54. The van der Waals surface area contributed by atoms with E-state index in [2.05, 4.69) is 10.1 Å². The molecule has 1 aromatic rings. The van der Waals surface area contributed by atoms with Crippen molar-refractivity contribution in [2.45, 2.75) is 4.90 Å². The van der Waals surface area contributed by atoms with Crippen molar-refractivity contribution in [3.05, 3.63) is 23.8 Å². The lowest BCUT2D eigenvalue weighted by atomic mass is 10.2. The normalized spacial score (nSPS) is 17.1. The first-order valence-corrected chi connectivity index (χ1v) is 6.39. The zero-order valence-electron chi connectivity index (χ0n) is 8.69. The molecule has 0 spiro atoms. The lowest BCUT2D eigenvalue weighted by Crippen LogP contribution is -2.23. The van der Waals surface area contributed by atoms with Crippen LogP contribution in [0.25, 0.3) is 0 Å². The fourth-order valence-electron chi connectivity index (χ4n) is 1.60. The molecule has 6 heteroatoms. The Hall–Kier alpha value is -1.56. The number of methoxy groups -OCH3 is 1. The number of carbonyl (C=O) groups excluding carboxylic acids is 1.